The molecule has 2 unspecified atom stereocenters. The van der Waals surface area contributed by atoms with Gasteiger partial charge in [-0.1, -0.05) is 168 Å². The number of esters is 2. The average Bonchev–Trinajstić information content (AvgIpc) is 2.45. The van der Waals surface area contributed by atoms with E-state index in [1.54, 1.807) is 0 Å². The molecular formula is C59H109N6O19P. The van der Waals surface area contributed by atoms with Gasteiger partial charge in [-0.25, -0.2) is 4.57 Å². The minimum atomic E-state index is -4.80. The lowest BCUT2D eigenvalue weighted by Crippen LogP contribution is -2.65. The summed E-state index contributed by atoms with van der Waals surface area (Å²) in [6.45, 7) is 6.89. The Morgan fingerprint density at radius 1 is 0.612 bits per heavy atom. The third-order valence-electron chi connectivity index (χ3n) is 14.6. The number of aliphatic hydroxyl groups excluding tert-OH is 3. The third-order valence-corrected chi connectivity index (χ3v) is 15.6. The van der Waals surface area contributed by atoms with Gasteiger partial charge in [0.25, 0.3) is 0 Å². The number of primary amides is 1. The molecule has 0 bridgehead atoms. The molecule has 85 heavy (non-hydrogen) atoms. The molecule has 1 heterocycles. The molecule has 0 aliphatic carbocycles. The fraction of sp³-hybridized carbons (Fsp3) is 0.864. The van der Waals surface area contributed by atoms with Gasteiger partial charge in [0.1, 0.15) is 55.2 Å². The molecule has 26 heteroatoms. The Balaban J connectivity index is 2.62. The molecular weight excluding hydrogens is 1130 g/mol. The molecule has 1 saturated heterocycles. The van der Waals surface area contributed by atoms with Gasteiger partial charge >= 0.3 is 19.8 Å². The lowest BCUT2D eigenvalue weighted by molar-refractivity contribution is -0.266. The first kappa shape index (κ1) is 78.7. The highest BCUT2D eigenvalue weighted by Gasteiger charge is 2.47. The molecule has 0 radical (unpaired) electrons. The molecule has 1 aliphatic heterocycles. The molecule has 494 valence electrons. The van der Waals surface area contributed by atoms with Crippen molar-refractivity contribution in [3.63, 3.8) is 0 Å². The van der Waals surface area contributed by atoms with Crippen LogP contribution in [0.1, 0.15) is 234 Å². The Hall–Kier alpha value is -4.33. The normalized spacial score (nSPS) is 19.2. The van der Waals surface area contributed by atoms with Gasteiger partial charge in [0.2, 0.25) is 35.4 Å². The highest BCUT2D eigenvalue weighted by molar-refractivity contribution is 7.47. The predicted molar refractivity (Wildman–Crippen MR) is 318 cm³/mol. The first-order chi connectivity index (χ1) is 40.5. The molecule has 1 aliphatic rings. The van der Waals surface area contributed by atoms with Crippen molar-refractivity contribution in [1.82, 2.24) is 26.6 Å². The van der Waals surface area contributed by atoms with E-state index in [2.05, 4.69) is 40.4 Å². The number of phosphoric acid groups is 1. The Morgan fingerprint density at radius 3 is 1.58 bits per heavy atom. The highest BCUT2D eigenvalue weighted by atomic mass is 31.2. The predicted octanol–water partition coefficient (Wildman–Crippen LogP) is 5.76. The van der Waals surface area contributed by atoms with Gasteiger partial charge < -0.3 is 71.5 Å². The van der Waals surface area contributed by atoms with Crippen molar-refractivity contribution in [3.8, 4) is 0 Å². The Kier molecular flexibility index (Phi) is 44.2. The van der Waals surface area contributed by atoms with Crippen LogP contribution >= 0.6 is 7.82 Å². The lowest BCUT2D eigenvalue weighted by atomic mass is 9.96. The van der Waals surface area contributed by atoms with E-state index in [9.17, 15) is 63.1 Å². The van der Waals surface area contributed by atoms with Crippen molar-refractivity contribution in [1.29, 1.82) is 0 Å². The second-order valence-corrected chi connectivity index (χ2v) is 23.9. The summed E-state index contributed by atoms with van der Waals surface area (Å²) in [5.74, 6) is -5.88. The van der Waals surface area contributed by atoms with E-state index in [0.29, 0.717) is 12.8 Å². The monoisotopic (exact) mass is 1240 g/mol. The number of ether oxygens (including phenoxy) is 4. The lowest BCUT2D eigenvalue weighted by Gasteiger charge is -2.43. The van der Waals surface area contributed by atoms with Crippen LogP contribution in [0.2, 0.25) is 0 Å². The topological polar surface area (TPSA) is 376 Å². The number of carbonyl (C=O) groups is 8. The standard InChI is InChI=1S/C59H109N6O19P/c1-7-9-11-13-15-17-19-21-23-25-27-29-31-33-50(69)79-40-46(83-51(70)34-32-30-28-26-24-22-20-18-16-14-12-10-8-2)41-81-85(77,78)80-38-37-61-56(73)42(3)62-49(68)36-35-47(55(60)72)65-57(74)43(4)63-58(75)44(5)82-54-52(64-45(6)67)59(76)84-48(39-66)53(54)71/h42-44,46-48,52-54,59,66,71,76H,7-41H2,1-6H3,(H2,60,72)(H,61,73)(H,62,68)(H,63,75)(H,64,67)(H,65,74)(H,77,78)/t42-,43-,44-,46+,47+,48+,52+,53+,54+,59?/m0/s1. The largest absolute Gasteiger partial charge is 0.472 e. The van der Waals surface area contributed by atoms with E-state index in [4.69, 9.17) is 33.7 Å². The first-order valence-corrected chi connectivity index (χ1v) is 33.0. The van der Waals surface area contributed by atoms with E-state index < -0.39 is 149 Å². The van der Waals surface area contributed by atoms with E-state index in [0.717, 1.165) is 51.9 Å². The Bertz CT molecular complexity index is 1960. The summed E-state index contributed by atoms with van der Waals surface area (Å²) in [7, 11) is -4.80. The molecule has 11 atom stereocenters. The number of unbranched alkanes of at least 4 members (excludes halogenated alkanes) is 24. The summed E-state index contributed by atoms with van der Waals surface area (Å²) in [5.41, 5.74) is 5.49. The second-order valence-electron chi connectivity index (χ2n) is 22.4. The third kappa shape index (κ3) is 38.5. The smallest absolute Gasteiger partial charge is 0.462 e. The van der Waals surface area contributed by atoms with Gasteiger partial charge in [-0.3, -0.25) is 47.4 Å². The maximum atomic E-state index is 13.0. The van der Waals surface area contributed by atoms with Crippen LogP contribution in [0.3, 0.4) is 0 Å². The van der Waals surface area contributed by atoms with Crippen LogP contribution in [0.5, 0.6) is 0 Å². The van der Waals surface area contributed by atoms with Gasteiger partial charge in [0.05, 0.1) is 19.8 Å². The summed E-state index contributed by atoms with van der Waals surface area (Å²) in [5, 5.41) is 42.6. The molecule has 0 saturated carbocycles. The van der Waals surface area contributed by atoms with Gasteiger partial charge in [-0.05, 0) is 40.0 Å². The number of nitrogens with one attached hydrogen (secondary N) is 5. The molecule has 0 aromatic carbocycles. The number of hydrogen-bond acceptors (Lipinski definition) is 18. The van der Waals surface area contributed by atoms with Crippen molar-refractivity contribution >= 4 is 55.2 Å². The quantitative estimate of drug-likeness (QED) is 0.0196. The van der Waals surface area contributed by atoms with Crippen LogP contribution in [0.15, 0.2) is 0 Å². The molecule has 0 aromatic rings. The minimum Gasteiger partial charge on any atom is -0.462 e. The average molecular weight is 1240 g/mol. The molecule has 1 fully saturated rings. The van der Waals surface area contributed by atoms with Crippen LogP contribution in [-0.2, 0) is 70.9 Å². The zero-order valence-corrected chi connectivity index (χ0v) is 52.9. The van der Waals surface area contributed by atoms with Crippen molar-refractivity contribution in [2.75, 3.05) is 33.0 Å². The van der Waals surface area contributed by atoms with Crippen molar-refractivity contribution in [3.05, 3.63) is 0 Å². The zero-order chi connectivity index (χ0) is 63.4. The van der Waals surface area contributed by atoms with E-state index in [-0.39, 0.29) is 25.8 Å². The minimum absolute atomic E-state index is 0.110. The number of aliphatic hydroxyl groups is 3. The Labute approximate surface area is 505 Å². The van der Waals surface area contributed by atoms with Gasteiger partial charge in [-0.2, -0.15) is 0 Å². The summed E-state index contributed by atoms with van der Waals surface area (Å²) < 4.78 is 44.8. The maximum absolute atomic E-state index is 13.0. The molecule has 11 N–H and O–H groups in total. The molecule has 0 spiro atoms. The summed E-state index contributed by atoms with van der Waals surface area (Å²) in [6.07, 6.45) is 20.8. The van der Waals surface area contributed by atoms with Crippen LogP contribution in [0.25, 0.3) is 0 Å². The first-order valence-electron chi connectivity index (χ1n) is 31.5. The van der Waals surface area contributed by atoms with Gasteiger partial charge in [0.15, 0.2) is 12.4 Å². The number of amides is 6. The van der Waals surface area contributed by atoms with E-state index in [1.807, 2.05) is 0 Å². The van der Waals surface area contributed by atoms with E-state index >= 15 is 0 Å². The fourth-order valence-electron chi connectivity index (χ4n) is 9.46. The number of phosphoric ester groups is 1. The summed E-state index contributed by atoms with van der Waals surface area (Å²) >= 11 is 0. The van der Waals surface area contributed by atoms with Crippen LogP contribution in [0, 0.1) is 0 Å². The number of carbonyl (C=O) groups excluding carboxylic acids is 8. The number of hydrogen-bond donors (Lipinski definition) is 10. The number of rotatable bonds is 52. The molecule has 6 amide bonds. The molecule has 25 nitrogen and oxygen atoms in total. The van der Waals surface area contributed by atoms with Crippen LogP contribution in [-0.4, -0.2) is 162 Å². The van der Waals surface area contributed by atoms with Gasteiger partial charge in [-0.15, -0.1) is 0 Å². The van der Waals surface area contributed by atoms with Gasteiger partial charge in [0, 0.05) is 32.7 Å². The molecule has 1 rings (SSSR count). The summed E-state index contributed by atoms with van der Waals surface area (Å²) in [6, 6.07) is -5.19. The zero-order valence-electron chi connectivity index (χ0n) is 52.0. The molecule has 0 aromatic heterocycles. The van der Waals surface area contributed by atoms with Crippen LogP contribution < -0.4 is 32.3 Å². The maximum Gasteiger partial charge on any atom is 0.472 e. The van der Waals surface area contributed by atoms with E-state index in [1.165, 1.54) is 130 Å². The SMILES string of the molecule is CCCCCCCCCCCCCCCC(=O)OC[C@H](COP(=O)(O)OCCNC(=O)[C@H](C)NC(=O)CC[C@@H](NC(=O)[C@H](C)NC(=O)[C@H](C)O[C@H]1[C@H](O)[C@@H](CO)OC(O)[C@@H]1NC(C)=O)C(N)=O)OC(=O)CCCCCCCCCCCCCCC. The summed E-state index contributed by atoms with van der Waals surface area (Å²) in [4.78, 5) is 112. The van der Waals surface area contributed by atoms with Crippen molar-refractivity contribution in [2.45, 2.75) is 295 Å². The van der Waals surface area contributed by atoms with Crippen molar-refractivity contribution in [2.24, 2.45) is 5.73 Å². The fourth-order valence-corrected chi connectivity index (χ4v) is 10.2. The Morgan fingerprint density at radius 2 is 1.09 bits per heavy atom. The van der Waals surface area contributed by atoms with Crippen LogP contribution in [0.4, 0.5) is 0 Å². The van der Waals surface area contributed by atoms with Crippen molar-refractivity contribution < 1.29 is 91.1 Å². The number of nitrogens with two attached hydrogens (primary N) is 1. The second kappa shape index (κ2) is 47.7. The highest BCUT2D eigenvalue weighted by Crippen LogP contribution is 2.43.